The Morgan fingerprint density at radius 2 is 1.84 bits per heavy atom. The van der Waals surface area contributed by atoms with Gasteiger partial charge < -0.3 is 34.4 Å². The van der Waals surface area contributed by atoms with E-state index >= 15 is 0 Å². The maximum atomic E-state index is 15.0. The number of allylic oxidation sites excluding steroid dienone is 1. The number of fused-ring (bicyclic) bond motifs is 1. The number of benzene rings is 2. The zero-order chi connectivity index (χ0) is 36.9. The van der Waals surface area contributed by atoms with Crippen molar-refractivity contribution >= 4 is 45.3 Å². The average Bonchev–Trinajstić information content (AvgIpc) is 3.73. The molecule has 8 atom stereocenters. The summed E-state index contributed by atoms with van der Waals surface area (Å²) in [7, 11) is 1.56. The van der Waals surface area contributed by atoms with Crippen LogP contribution in [-0.2, 0) is 28.7 Å². The number of halogens is 1. The standard InChI is InChI=1S/C39H48BrN3O8/c1-6-8-14-31(45)50-23-30(25-12-10-9-11-13-25)41-36(46)32-33-37(47)43(27(22-44)20-24(3)4)35(39(33)21-29(40)34(32)51-39)38(48)42(19-7-2)26-15-17-28(49-5)18-16-26/h6-7,9-13,15-18,24,27,29-30,32-35,44H,1-2,8,14,19-23H2,3-5H3,(H,41,46)/t27-,29?,30+,32+,33-,34+,35+,39-/m1/s1. The van der Waals surface area contributed by atoms with Gasteiger partial charge >= 0.3 is 5.97 Å². The molecule has 3 amide bonds. The first-order chi connectivity index (χ1) is 24.5. The van der Waals surface area contributed by atoms with E-state index in [2.05, 4.69) is 34.4 Å². The second-order valence-electron chi connectivity index (χ2n) is 13.8. The van der Waals surface area contributed by atoms with Crippen LogP contribution in [0.2, 0.25) is 0 Å². The van der Waals surface area contributed by atoms with Crippen LogP contribution in [0.1, 0.15) is 51.1 Å². The number of alkyl halides is 1. The number of esters is 1. The number of aliphatic hydroxyl groups is 1. The van der Waals surface area contributed by atoms with E-state index in [9.17, 15) is 24.3 Å². The molecule has 3 saturated heterocycles. The molecular formula is C39H48BrN3O8. The fraction of sp³-hybridized carbons (Fsp3) is 0.487. The highest BCUT2D eigenvalue weighted by molar-refractivity contribution is 9.09. The fourth-order valence-corrected chi connectivity index (χ4v) is 8.81. The second kappa shape index (κ2) is 16.6. The SMILES string of the molecule is C=CCCC(=O)OC[C@H](NC(=O)[C@@H]1[C@H]2O[C@@]3(CC2Br)[C@H](C(=O)N(CC=C)c2ccc(OC)cc2)N([C@@H](CO)CC(C)C)C(=O)[C@@H]13)c1ccccc1. The second-order valence-corrected chi connectivity index (χ2v) is 15.0. The molecule has 12 heteroatoms. The number of anilines is 1. The lowest BCUT2D eigenvalue weighted by Crippen LogP contribution is -2.59. The Morgan fingerprint density at radius 3 is 2.45 bits per heavy atom. The third kappa shape index (κ3) is 7.64. The van der Waals surface area contributed by atoms with Crippen LogP contribution < -0.4 is 15.0 Å². The Labute approximate surface area is 308 Å². The van der Waals surface area contributed by atoms with Crippen molar-refractivity contribution in [2.75, 3.05) is 31.8 Å². The van der Waals surface area contributed by atoms with Gasteiger partial charge in [0.2, 0.25) is 11.8 Å². The molecular weight excluding hydrogens is 718 g/mol. The number of rotatable bonds is 17. The maximum absolute atomic E-state index is 15.0. The van der Waals surface area contributed by atoms with Gasteiger partial charge in [0.05, 0.1) is 43.7 Å². The lowest BCUT2D eigenvalue weighted by atomic mass is 9.70. The molecule has 3 aliphatic rings. The number of nitrogens with zero attached hydrogens (tertiary/aromatic N) is 2. The predicted octanol–water partition coefficient (Wildman–Crippen LogP) is 4.74. The van der Waals surface area contributed by atoms with E-state index in [1.807, 2.05) is 44.2 Å². The number of likely N-dealkylation sites (tertiary alicyclic amines) is 1. The van der Waals surface area contributed by atoms with Crippen LogP contribution in [0, 0.1) is 17.8 Å². The summed E-state index contributed by atoms with van der Waals surface area (Å²) in [5.41, 5.74) is -0.0613. The zero-order valence-corrected chi connectivity index (χ0v) is 31.0. The Morgan fingerprint density at radius 1 is 1.14 bits per heavy atom. The van der Waals surface area contributed by atoms with Crippen LogP contribution in [0.5, 0.6) is 5.75 Å². The van der Waals surface area contributed by atoms with Crippen molar-refractivity contribution in [2.45, 2.75) is 74.2 Å². The first kappa shape index (κ1) is 38.2. The molecule has 3 aliphatic heterocycles. The number of hydrogen-bond acceptors (Lipinski definition) is 8. The zero-order valence-electron chi connectivity index (χ0n) is 29.4. The van der Waals surface area contributed by atoms with E-state index < -0.39 is 65.4 Å². The van der Waals surface area contributed by atoms with Crippen LogP contribution in [0.4, 0.5) is 5.69 Å². The molecule has 0 saturated carbocycles. The summed E-state index contributed by atoms with van der Waals surface area (Å²) in [6.07, 6.45) is 3.90. The van der Waals surface area contributed by atoms with E-state index in [4.69, 9.17) is 14.2 Å². The van der Waals surface area contributed by atoms with E-state index in [0.717, 1.165) is 5.56 Å². The van der Waals surface area contributed by atoms with E-state index in [1.54, 1.807) is 48.4 Å². The summed E-state index contributed by atoms with van der Waals surface area (Å²) in [6.45, 7) is 11.2. The molecule has 274 valence electrons. The lowest BCUT2D eigenvalue weighted by Gasteiger charge is -2.39. The van der Waals surface area contributed by atoms with Crippen molar-refractivity contribution in [3.05, 3.63) is 85.5 Å². The van der Waals surface area contributed by atoms with Gasteiger partial charge in [-0.3, -0.25) is 19.2 Å². The van der Waals surface area contributed by atoms with E-state index in [-0.39, 0.29) is 36.9 Å². The predicted molar refractivity (Wildman–Crippen MR) is 196 cm³/mol. The van der Waals surface area contributed by atoms with Gasteiger partial charge in [0.15, 0.2) is 0 Å². The molecule has 2 aromatic carbocycles. The summed E-state index contributed by atoms with van der Waals surface area (Å²) >= 11 is 3.74. The highest BCUT2D eigenvalue weighted by atomic mass is 79.9. The number of amides is 3. The number of carbonyl (C=O) groups excluding carboxylic acids is 4. The minimum absolute atomic E-state index is 0.0931. The Bertz CT molecular complexity index is 1590. The van der Waals surface area contributed by atoms with Crippen molar-refractivity contribution in [1.29, 1.82) is 0 Å². The molecule has 3 fully saturated rings. The number of methoxy groups -OCH3 is 1. The summed E-state index contributed by atoms with van der Waals surface area (Å²) in [6, 6.07) is 13.7. The van der Waals surface area contributed by atoms with Crippen LogP contribution in [-0.4, -0.2) is 89.2 Å². The van der Waals surface area contributed by atoms with Gasteiger partial charge in [-0.15, -0.1) is 13.2 Å². The smallest absolute Gasteiger partial charge is 0.306 e. The monoisotopic (exact) mass is 765 g/mol. The largest absolute Gasteiger partial charge is 0.497 e. The van der Waals surface area contributed by atoms with Gasteiger partial charge in [0.1, 0.15) is 24.0 Å². The molecule has 2 aromatic rings. The van der Waals surface area contributed by atoms with Crippen LogP contribution in [0.25, 0.3) is 0 Å². The molecule has 0 aromatic heterocycles. The summed E-state index contributed by atoms with van der Waals surface area (Å²) < 4.78 is 17.6. The Balaban J connectivity index is 1.53. The van der Waals surface area contributed by atoms with Crippen molar-refractivity contribution in [2.24, 2.45) is 17.8 Å². The molecule has 0 radical (unpaired) electrons. The molecule has 11 nitrogen and oxygen atoms in total. The summed E-state index contributed by atoms with van der Waals surface area (Å²) in [4.78, 5) is 59.4. The third-order valence-electron chi connectivity index (χ3n) is 10.1. The van der Waals surface area contributed by atoms with Gasteiger partial charge in [-0.05, 0) is 55.0 Å². The number of hydrogen-bond donors (Lipinski definition) is 2. The molecule has 0 aliphatic carbocycles. The van der Waals surface area contributed by atoms with Crippen molar-refractivity contribution in [3.8, 4) is 5.75 Å². The Kier molecular flexibility index (Phi) is 12.4. The number of nitrogens with one attached hydrogen (secondary N) is 1. The van der Waals surface area contributed by atoms with E-state index in [1.165, 1.54) is 4.90 Å². The highest BCUT2D eigenvalue weighted by Crippen LogP contribution is 2.61. The van der Waals surface area contributed by atoms with Gasteiger partial charge in [0.25, 0.3) is 5.91 Å². The molecule has 5 rings (SSSR count). The molecule has 3 heterocycles. The maximum Gasteiger partial charge on any atom is 0.306 e. The third-order valence-corrected chi connectivity index (χ3v) is 10.9. The topological polar surface area (TPSA) is 135 Å². The molecule has 1 unspecified atom stereocenters. The first-order valence-corrected chi connectivity index (χ1v) is 18.4. The molecule has 51 heavy (non-hydrogen) atoms. The van der Waals surface area contributed by atoms with Crippen molar-refractivity contribution < 1.29 is 38.5 Å². The average molecular weight is 767 g/mol. The van der Waals surface area contributed by atoms with Gasteiger partial charge in [-0.1, -0.05) is 72.3 Å². The van der Waals surface area contributed by atoms with Crippen LogP contribution >= 0.6 is 15.9 Å². The summed E-state index contributed by atoms with van der Waals surface area (Å²) in [5.74, 6) is -2.93. The van der Waals surface area contributed by atoms with Gasteiger partial charge in [0, 0.05) is 23.5 Å². The van der Waals surface area contributed by atoms with Crippen molar-refractivity contribution in [1.82, 2.24) is 10.2 Å². The highest BCUT2D eigenvalue weighted by Gasteiger charge is 2.77. The Hall–Kier alpha value is -4.00. The molecule has 2 bridgehead atoms. The first-order valence-electron chi connectivity index (χ1n) is 17.4. The van der Waals surface area contributed by atoms with E-state index in [0.29, 0.717) is 30.7 Å². The summed E-state index contributed by atoms with van der Waals surface area (Å²) in [5, 5.41) is 13.8. The van der Waals surface area contributed by atoms with Crippen LogP contribution in [0.15, 0.2) is 79.9 Å². The minimum atomic E-state index is -1.36. The molecule has 2 N–H and O–H groups in total. The minimum Gasteiger partial charge on any atom is -0.497 e. The number of carbonyl (C=O) groups is 4. The van der Waals surface area contributed by atoms with Gasteiger partial charge in [-0.2, -0.15) is 0 Å². The quantitative estimate of drug-likeness (QED) is 0.134. The van der Waals surface area contributed by atoms with Crippen molar-refractivity contribution in [3.63, 3.8) is 0 Å². The lowest BCUT2D eigenvalue weighted by molar-refractivity contribution is -0.146. The van der Waals surface area contributed by atoms with Crippen LogP contribution in [0.3, 0.4) is 0 Å². The fourth-order valence-electron chi connectivity index (χ4n) is 7.86. The van der Waals surface area contributed by atoms with Gasteiger partial charge in [-0.25, -0.2) is 0 Å². The normalized spacial score (nSPS) is 26.0. The molecule has 1 spiro atoms. The number of ether oxygens (including phenoxy) is 3. The number of aliphatic hydroxyl groups excluding tert-OH is 1.